The zero-order valence-corrected chi connectivity index (χ0v) is 11.1. The smallest absolute Gasteiger partial charge is 0.249 e. The molecular weight excluding hydrogens is 266 g/mol. The molecule has 0 aliphatic carbocycles. The van der Waals surface area contributed by atoms with E-state index < -0.39 is 0 Å². The van der Waals surface area contributed by atoms with E-state index in [1.807, 2.05) is 12.1 Å². The van der Waals surface area contributed by atoms with Crippen molar-refractivity contribution < 1.29 is 9.32 Å². The lowest BCUT2D eigenvalue weighted by atomic mass is 10.2. The van der Waals surface area contributed by atoms with Crippen LogP contribution in [0.25, 0.3) is 11.4 Å². The maximum atomic E-state index is 11.5. The van der Waals surface area contributed by atoms with E-state index in [1.165, 1.54) is 0 Å². The fraction of sp³-hybridized carbons (Fsp3) is 0.308. The van der Waals surface area contributed by atoms with Crippen molar-refractivity contribution in [3.8, 4) is 11.4 Å². The molecule has 1 aliphatic rings. The summed E-state index contributed by atoms with van der Waals surface area (Å²) in [6.07, 6.45) is 1.25. The number of rotatable bonds is 2. The van der Waals surface area contributed by atoms with Crippen LogP contribution >= 0.6 is 11.6 Å². The fourth-order valence-electron chi connectivity index (χ4n) is 2.18. The van der Waals surface area contributed by atoms with Gasteiger partial charge in [0, 0.05) is 24.1 Å². The maximum absolute atomic E-state index is 11.5. The number of likely N-dealkylation sites (tertiary alicyclic amines) is 1. The Morgan fingerprint density at radius 3 is 2.74 bits per heavy atom. The first-order valence-electron chi connectivity index (χ1n) is 6.00. The van der Waals surface area contributed by atoms with Crippen LogP contribution in [0.1, 0.15) is 24.8 Å². The van der Waals surface area contributed by atoms with Crippen LogP contribution < -0.4 is 0 Å². The van der Waals surface area contributed by atoms with Gasteiger partial charge in [0.15, 0.2) is 0 Å². The molecule has 1 aromatic carbocycles. The first kappa shape index (κ1) is 12.2. The molecule has 98 valence electrons. The summed E-state index contributed by atoms with van der Waals surface area (Å²) in [5, 5.41) is 4.61. The molecule has 2 heterocycles. The van der Waals surface area contributed by atoms with Gasteiger partial charge in [0.25, 0.3) is 0 Å². The van der Waals surface area contributed by atoms with Gasteiger partial charge in [-0.2, -0.15) is 4.98 Å². The molecule has 19 heavy (non-hydrogen) atoms. The van der Waals surface area contributed by atoms with Crippen molar-refractivity contribution in [3.05, 3.63) is 35.2 Å². The standard InChI is InChI=1S/C13H12ClN3O2/c1-17-10(6-7-11(17)18)13-15-12(16-19-13)8-2-4-9(14)5-3-8/h2-5,10H,6-7H2,1H3. The molecule has 1 saturated heterocycles. The van der Waals surface area contributed by atoms with Crippen molar-refractivity contribution in [2.45, 2.75) is 18.9 Å². The van der Waals surface area contributed by atoms with Crippen molar-refractivity contribution in [3.63, 3.8) is 0 Å². The summed E-state index contributed by atoms with van der Waals surface area (Å²) >= 11 is 5.83. The Morgan fingerprint density at radius 1 is 1.37 bits per heavy atom. The van der Waals surface area contributed by atoms with Gasteiger partial charge in [0.05, 0.1) is 0 Å². The molecule has 0 radical (unpaired) electrons. The van der Waals surface area contributed by atoms with E-state index in [2.05, 4.69) is 10.1 Å². The summed E-state index contributed by atoms with van der Waals surface area (Å²) in [7, 11) is 1.76. The van der Waals surface area contributed by atoms with Crippen LogP contribution in [0.15, 0.2) is 28.8 Å². The lowest BCUT2D eigenvalue weighted by Crippen LogP contribution is -2.22. The summed E-state index contributed by atoms with van der Waals surface area (Å²) in [6.45, 7) is 0. The molecule has 0 N–H and O–H groups in total. The molecule has 0 spiro atoms. The zero-order valence-electron chi connectivity index (χ0n) is 10.3. The average molecular weight is 278 g/mol. The summed E-state index contributed by atoms with van der Waals surface area (Å²) < 4.78 is 5.26. The maximum Gasteiger partial charge on any atom is 0.249 e. The molecular formula is C13H12ClN3O2. The largest absolute Gasteiger partial charge is 0.337 e. The van der Waals surface area contributed by atoms with Gasteiger partial charge in [-0.05, 0) is 30.7 Å². The van der Waals surface area contributed by atoms with Crippen molar-refractivity contribution >= 4 is 17.5 Å². The molecule has 0 bridgehead atoms. The lowest BCUT2D eigenvalue weighted by Gasteiger charge is -2.14. The molecule has 1 aromatic heterocycles. The Hall–Kier alpha value is -1.88. The molecule has 1 fully saturated rings. The lowest BCUT2D eigenvalue weighted by molar-refractivity contribution is -0.127. The van der Waals surface area contributed by atoms with Crippen LogP contribution in [0.3, 0.4) is 0 Å². The molecule has 0 saturated carbocycles. The monoisotopic (exact) mass is 277 g/mol. The topological polar surface area (TPSA) is 59.2 Å². The van der Waals surface area contributed by atoms with Crippen LogP contribution in [0.5, 0.6) is 0 Å². The van der Waals surface area contributed by atoms with Gasteiger partial charge in [-0.1, -0.05) is 16.8 Å². The van der Waals surface area contributed by atoms with E-state index in [0.29, 0.717) is 23.2 Å². The Bertz CT molecular complexity index is 609. The van der Waals surface area contributed by atoms with Crippen LogP contribution in [0.2, 0.25) is 5.02 Å². The van der Waals surface area contributed by atoms with Gasteiger partial charge < -0.3 is 9.42 Å². The van der Waals surface area contributed by atoms with Crippen molar-refractivity contribution in [1.29, 1.82) is 0 Å². The highest BCUT2D eigenvalue weighted by atomic mass is 35.5. The van der Waals surface area contributed by atoms with Crippen LogP contribution in [0, 0.1) is 0 Å². The van der Waals surface area contributed by atoms with Crippen LogP contribution in [-0.2, 0) is 4.79 Å². The summed E-state index contributed by atoms with van der Waals surface area (Å²) in [5.41, 5.74) is 0.839. The number of benzene rings is 1. The van der Waals surface area contributed by atoms with E-state index in [9.17, 15) is 4.79 Å². The SMILES string of the molecule is CN1C(=O)CCC1c1nc(-c2ccc(Cl)cc2)no1. The molecule has 1 atom stereocenters. The highest BCUT2D eigenvalue weighted by Crippen LogP contribution is 2.31. The van der Waals surface area contributed by atoms with Crippen molar-refractivity contribution in [2.24, 2.45) is 0 Å². The normalized spacial score (nSPS) is 19.2. The minimum atomic E-state index is -0.110. The summed E-state index contributed by atoms with van der Waals surface area (Å²) in [4.78, 5) is 17.5. The molecule has 1 aliphatic heterocycles. The highest BCUT2D eigenvalue weighted by Gasteiger charge is 2.33. The second-order valence-electron chi connectivity index (χ2n) is 4.52. The van der Waals surface area contributed by atoms with Gasteiger partial charge in [0.2, 0.25) is 17.6 Å². The number of carbonyl (C=O) groups is 1. The average Bonchev–Trinajstić information content (AvgIpc) is 2.99. The van der Waals surface area contributed by atoms with Crippen LogP contribution in [-0.4, -0.2) is 28.0 Å². The number of hydrogen-bond acceptors (Lipinski definition) is 4. The number of halogens is 1. The van der Waals surface area contributed by atoms with E-state index in [1.54, 1.807) is 24.1 Å². The molecule has 2 aromatic rings. The Morgan fingerprint density at radius 2 is 2.11 bits per heavy atom. The van der Waals surface area contributed by atoms with E-state index >= 15 is 0 Å². The fourth-order valence-corrected chi connectivity index (χ4v) is 2.31. The third-order valence-electron chi connectivity index (χ3n) is 3.32. The Kier molecular flexibility index (Phi) is 2.98. The summed E-state index contributed by atoms with van der Waals surface area (Å²) in [6, 6.07) is 7.11. The minimum absolute atomic E-state index is 0.108. The predicted octanol–water partition coefficient (Wildman–Crippen LogP) is 2.68. The first-order chi connectivity index (χ1) is 9.15. The zero-order chi connectivity index (χ0) is 13.4. The van der Waals surface area contributed by atoms with E-state index in [0.717, 1.165) is 12.0 Å². The first-order valence-corrected chi connectivity index (χ1v) is 6.38. The van der Waals surface area contributed by atoms with Gasteiger partial charge >= 0.3 is 0 Å². The third kappa shape index (κ3) is 2.21. The second-order valence-corrected chi connectivity index (χ2v) is 4.96. The molecule has 1 unspecified atom stereocenters. The minimum Gasteiger partial charge on any atom is -0.337 e. The number of nitrogens with zero attached hydrogens (tertiary/aromatic N) is 3. The Labute approximate surface area is 115 Å². The predicted molar refractivity (Wildman–Crippen MR) is 69.5 cm³/mol. The second kappa shape index (κ2) is 4.66. The number of hydrogen-bond donors (Lipinski definition) is 0. The van der Waals surface area contributed by atoms with Gasteiger partial charge in [0.1, 0.15) is 6.04 Å². The molecule has 6 heteroatoms. The molecule has 1 amide bonds. The van der Waals surface area contributed by atoms with E-state index in [-0.39, 0.29) is 11.9 Å². The number of amides is 1. The molecule has 3 rings (SSSR count). The van der Waals surface area contributed by atoms with Gasteiger partial charge in [-0.15, -0.1) is 0 Å². The Balaban J connectivity index is 1.87. The van der Waals surface area contributed by atoms with Crippen LogP contribution in [0.4, 0.5) is 0 Å². The number of carbonyl (C=O) groups excluding carboxylic acids is 1. The number of aromatic nitrogens is 2. The van der Waals surface area contributed by atoms with E-state index in [4.69, 9.17) is 16.1 Å². The van der Waals surface area contributed by atoms with Gasteiger partial charge in [-0.25, -0.2) is 0 Å². The van der Waals surface area contributed by atoms with Gasteiger partial charge in [-0.3, -0.25) is 4.79 Å². The van der Waals surface area contributed by atoms with Crippen molar-refractivity contribution in [1.82, 2.24) is 15.0 Å². The highest BCUT2D eigenvalue weighted by molar-refractivity contribution is 6.30. The van der Waals surface area contributed by atoms with Crippen molar-refractivity contribution in [2.75, 3.05) is 7.05 Å². The molecule has 5 nitrogen and oxygen atoms in total. The quantitative estimate of drug-likeness (QED) is 0.847. The third-order valence-corrected chi connectivity index (χ3v) is 3.57. The summed E-state index contributed by atoms with van der Waals surface area (Å²) in [5.74, 6) is 1.11.